The van der Waals surface area contributed by atoms with Gasteiger partial charge < -0.3 is 5.32 Å². The van der Waals surface area contributed by atoms with E-state index in [9.17, 15) is 9.59 Å². The number of amides is 2. The molecule has 0 spiro atoms. The van der Waals surface area contributed by atoms with Gasteiger partial charge in [0.25, 0.3) is 5.91 Å². The molecule has 2 aromatic carbocycles. The first-order valence-electron chi connectivity index (χ1n) is 8.40. The molecule has 0 atom stereocenters. The Bertz CT molecular complexity index is 975. The van der Waals surface area contributed by atoms with Gasteiger partial charge in [0, 0.05) is 18.7 Å². The molecule has 2 amide bonds. The number of benzene rings is 2. The smallest absolute Gasteiger partial charge is 0.266 e. The van der Waals surface area contributed by atoms with Crippen LogP contribution in [0.25, 0.3) is 6.08 Å². The zero-order valence-electron chi connectivity index (χ0n) is 14.9. The molecular formula is C20H16Cl2N2O2S2. The topological polar surface area (TPSA) is 49.4 Å². The number of thioether (sulfide) groups is 1. The summed E-state index contributed by atoms with van der Waals surface area (Å²) in [6.45, 7) is 2.22. The first-order valence-corrected chi connectivity index (χ1v) is 10.4. The van der Waals surface area contributed by atoms with E-state index < -0.39 is 0 Å². The Hall–Kier alpha value is -1.86. The zero-order valence-corrected chi connectivity index (χ0v) is 18.0. The minimum atomic E-state index is -0.241. The van der Waals surface area contributed by atoms with Gasteiger partial charge in [-0.1, -0.05) is 77.0 Å². The van der Waals surface area contributed by atoms with E-state index in [2.05, 4.69) is 5.32 Å². The second-order valence-electron chi connectivity index (χ2n) is 6.17. The lowest BCUT2D eigenvalue weighted by molar-refractivity contribution is -0.122. The average molecular weight is 451 g/mol. The van der Waals surface area contributed by atoms with Crippen LogP contribution in [0.2, 0.25) is 10.0 Å². The largest absolute Gasteiger partial charge is 0.326 e. The molecule has 1 aliphatic heterocycles. The molecule has 0 aliphatic carbocycles. The minimum Gasteiger partial charge on any atom is -0.326 e. The molecule has 1 heterocycles. The molecule has 3 rings (SSSR count). The van der Waals surface area contributed by atoms with Crippen LogP contribution in [0, 0.1) is 6.92 Å². The van der Waals surface area contributed by atoms with Crippen LogP contribution in [0.3, 0.4) is 0 Å². The van der Waals surface area contributed by atoms with Gasteiger partial charge in [-0.2, -0.15) is 0 Å². The average Bonchev–Trinajstić information content (AvgIpc) is 2.91. The number of carbonyl (C=O) groups is 2. The number of nitrogens with zero attached hydrogens (tertiary/aromatic N) is 1. The van der Waals surface area contributed by atoms with Crippen LogP contribution < -0.4 is 5.32 Å². The van der Waals surface area contributed by atoms with Crippen LogP contribution in [-0.2, 0) is 9.59 Å². The molecular weight excluding hydrogens is 435 g/mol. The van der Waals surface area contributed by atoms with Gasteiger partial charge in [-0.25, -0.2) is 0 Å². The highest BCUT2D eigenvalue weighted by Crippen LogP contribution is 2.32. The quantitative estimate of drug-likeness (QED) is 0.480. The lowest BCUT2D eigenvalue weighted by atomic mass is 10.1. The summed E-state index contributed by atoms with van der Waals surface area (Å²) in [7, 11) is 0. The van der Waals surface area contributed by atoms with Gasteiger partial charge in [0.2, 0.25) is 5.91 Å². The number of anilines is 1. The van der Waals surface area contributed by atoms with E-state index in [0.29, 0.717) is 25.0 Å². The Morgan fingerprint density at radius 1 is 1.18 bits per heavy atom. The minimum absolute atomic E-state index is 0.116. The second-order valence-corrected chi connectivity index (χ2v) is 8.66. The summed E-state index contributed by atoms with van der Waals surface area (Å²) in [6.07, 6.45) is 1.93. The zero-order chi connectivity index (χ0) is 20.3. The highest BCUT2D eigenvalue weighted by atomic mass is 35.5. The van der Waals surface area contributed by atoms with Crippen LogP contribution in [0.4, 0.5) is 5.69 Å². The van der Waals surface area contributed by atoms with Crippen molar-refractivity contribution in [3.05, 3.63) is 68.5 Å². The van der Waals surface area contributed by atoms with Gasteiger partial charge in [0.05, 0.1) is 15.0 Å². The first kappa shape index (κ1) is 20.9. The highest BCUT2D eigenvalue weighted by molar-refractivity contribution is 8.26. The monoisotopic (exact) mass is 450 g/mol. The molecule has 144 valence electrons. The Balaban J connectivity index is 1.60. The summed E-state index contributed by atoms with van der Waals surface area (Å²) in [5, 5.41) is 3.51. The van der Waals surface area contributed by atoms with Crippen molar-refractivity contribution >= 4 is 75.1 Å². The molecule has 8 heteroatoms. The molecule has 4 nitrogen and oxygen atoms in total. The molecule has 2 aromatic rings. The number of hydrogen-bond donors (Lipinski definition) is 1. The third kappa shape index (κ3) is 5.14. The molecule has 1 fully saturated rings. The fraction of sp³-hybridized carbons (Fsp3) is 0.150. The molecule has 0 saturated carbocycles. The number of aryl methyl sites for hydroxylation is 1. The van der Waals surface area contributed by atoms with E-state index in [1.54, 1.807) is 18.2 Å². The normalized spacial score (nSPS) is 15.4. The van der Waals surface area contributed by atoms with E-state index in [1.807, 2.05) is 37.3 Å². The van der Waals surface area contributed by atoms with Gasteiger partial charge in [0.1, 0.15) is 4.32 Å². The Morgan fingerprint density at radius 2 is 1.89 bits per heavy atom. The lowest BCUT2D eigenvalue weighted by Gasteiger charge is -2.14. The Labute approximate surface area is 182 Å². The molecule has 1 aliphatic rings. The molecule has 1 N–H and O–H groups in total. The summed E-state index contributed by atoms with van der Waals surface area (Å²) in [4.78, 5) is 26.8. The van der Waals surface area contributed by atoms with E-state index in [-0.39, 0.29) is 24.8 Å². The fourth-order valence-electron chi connectivity index (χ4n) is 2.52. The van der Waals surface area contributed by atoms with E-state index >= 15 is 0 Å². The van der Waals surface area contributed by atoms with E-state index in [1.165, 1.54) is 16.7 Å². The maximum absolute atomic E-state index is 12.6. The van der Waals surface area contributed by atoms with Crippen LogP contribution in [0.1, 0.15) is 17.5 Å². The maximum Gasteiger partial charge on any atom is 0.266 e. The summed E-state index contributed by atoms with van der Waals surface area (Å²) in [5.74, 6) is -0.423. The van der Waals surface area contributed by atoms with Crippen LogP contribution in [-0.4, -0.2) is 27.6 Å². The van der Waals surface area contributed by atoms with Gasteiger partial charge in [0.15, 0.2) is 0 Å². The second kappa shape index (κ2) is 9.09. The maximum atomic E-state index is 12.6. The number of nitrogens with one attached hydrogen (secondary N) is 1. The highest BCUT2D eigenvalue weighted by Gasteiger charge is 2.32. The van der Waals surface area contributed by atoms with Crippen LogP contribution in [0.5, 0.6) is 0 Å². The number of thiocarbonyl (C=S) groups is 1. The summed E-state index contributed by atoms with van der Waals surface area (Å²) >= 11 is 18.4. The van der Waals surface area contributed by atoms with E-state index in [4.69, 9.17) is 35.4 Å². The Kier molecular flexibility index (Phi) is 6.78. The molecule has 0 radical (unpaired) electrons. The van der Waals surface area contributed by atoms with Gasteiger partial charge in [-0.15, -0.1) is 0 Å². The number of hydrogen-bond acceptors (Lipinski definition) is 4. The van der Waals surface area contributed by atoms with Crippen LogP contribution >= 0.6 is 47.2 Å². The standard InChI is InChI=1S/C20H16Cl2N2O2S2/c1-12-2-4-13(5-3-12)10-17-19(26)24(20(27)28-17)9-8-18(25)23-14-6-7-15(21)16(22)11-14/h2-7,10-11H,8-9H2,1H3,(H,23,25). The van der Waals surface area contributed by atoms with Crippen molar-refractivity contribution < 1.29 is 9.59 Å². The van der Waals surface area contributed by atoms with Crippen molar-refractivity contribution in [2.45, 2.75) is 13.3 Å². The van der Waals surface area contributed by atoms with Gasteiger partial charge >= 0.3 is 0 Å². The van der Waals surface area contributed by atoms with Crippen molar-refractivity contribution in [1.82, 2.24) is 4.90 Å². The number of carbonyl (C=O) groups excluding carboxylic acids is 2. The lowest BCUT2D eigenvalue weighted by Crippen LogP contribution is -2.31. The van der Waals surface area contributed by atoms with Crippen molar-refractivity contribution in [2.24, 2.45) is 0 Å². The summed E-state index contributed by atoms with van der Waals surface area (Å²) in [6, 6.07) is 12.7. The van der Waals surface area contributed by atoms with Crippen LogP contribution in [0.15, 0.2) is 47.4 Å². The van der Waals surface area contributed by atoms with Crippen molar-refractivity contribution in [2.75, 3.05) is 11.9 Å². The molecule has 0 aromatic heterocycles. The third-order valence-electron chi connectivity index (χ3n) is 4.01. The summed E-state index contributed by atoms with van der Waals surface area (Å²) < 4.78 is 0.450. The van der Waals surface area contributed by atoms with Crippen molar-refractivity contribution in [3.63, 3.8) is 0 Å². The van der Waals surface area contributed by atoms with Gasteiger partial charge in [-0.05, 0) is 36.8 Å². The van der Waals surface area contributed by atoms with Gasteiger partial charge in [-0.3, -0.25) is 14.5 Å². The predicted molar refractivity (Wildman–Crippen MR) is 121 cm³/mol. The van der Waals surface area contributed by atoms with Crippen molar-refractivity contribution in [1.29, 1.82) is 0 Å². The Morgan fingerprint density at radius 3 is 2.57 bits per heavy atom. The third-order valence-corrected chi connectivity index (χ3v) is 6.13. The molecule has 28 heavy (non-hydrogen) atoms. The SMILES string of the molecule is Cc1ccc(C=C2SC(=S)N(CCC(=O)Nc3ccc(Cl)c(Cl)c3)C2=O)cc1. The molecule has 0 bridgehead atoms. The predicted octanol–water partition coefficient (Wildman–Crippen LogP) is 5.53. The summed E-state index contributed by atoms with van der Waals surface area (Å²) in [5.41, 5.74) is 2.63. The van der Waals surface area contributed by atoms with E-state index in [0.717, 1.165) is 11.1 Å². The number of rotatable bonds is 5. The molecule has 1 saturated heterocycles. The first-order chi connectivity index (χ1) is 13.3. The van der Waals surface area contributed by atoms with Crippen molar-refractivity contribution in [3.8, 4) is 0 Å². The number of halogens is 2. The molecule has 0 unspecified atom stereocenters. The fourth-order valence-corrected chi connectivity index (χ4v) is 4.12.